The third kappa shape index (κ3) is 2.28. The molecule has 0 atom stereocenters. The summed E-state index contributed by atoms with van der Waals surface area (Å²) in [5, 5.41) is 3.19. The number of rotatable bonds is 3. The highest BCUT2D eigenvalue weighted by Crippen LogP contribution is 2.12. The van der Waals surface area contributed by atoms with Crippen LogP contribution in [-0.4, -0.2) is 4.98 Å². The summed E-state index contributed by atoms with van der Waals surface area (Å²) in [5.41, 5.74) is 8.32. The summed E-state index contributed by atoms with van der Waals surface area (Å²) in [4.78, 5) is 4.31. The molecular formula is C11H13N3O. The molecule has 0 radical (unpaired) electrons. The summed E-state index contributed by atoms with van der Waals surface area (Å²) in [7, 11) is 0. The molecular weight excluding hydrogens is 190 g/mol. The van der Waals surface area contributed by atoms with Crippen molar-refractivity contribution in [1.29, 1.82) is 0 Å². The Morgan fingerprint density at radius 2 is 2.27 bits per heavy atom. The average molecular weight is 203 g/mol. The Kier molecular flexibility index (Phi) is 2.58. The van der Waals surface area contributed by atoms with Crippen LogP contribution in [0.25, 0.3) is 0 Å². The van der Waals surface area contributed by atoms with Crippen LogP contribution in [0.2, 0.25) is 0 Å². The van der Waals surface area contributed by atoms with Gasteiger partial charge in [-0.05, 0) is 25.1 Å². The van der Waals surface area contributed by atoms with Gasteiger partial charge < -0.3 is 15.5 Å². The molecule has 0 bridgehead atoms. The van der Waals surface area contributed by atoms with Crippen molar-refractivity contribution < 1.29 is 4.42 Å². The van der Waals surface area contributed by atoms with E-state index in [1.807, 2.05) is 25.1 Å². The minimum atomic E-state index is 0.701. The summed E-state index contributed by atoms with van der Waals surface area (Å²) < 4.78 is 4.97. The van der Waals surface area contributed by atoms with Gasteiger partial charge in [0.25, 0.3) is 0 Å². The molecule has 78 valence electrons. The SMILES string of the molecule is Cc1nc(NCc2ccoc2)ccc1N. The van der Waals surface area contributed by atoms with E-state index < -0.39 is 0 Å². The Morgan fingerprint density at radius 3 is 2.93 bits per heavy atom. The van der Waals surface area contributed by atoms with E-state index in [1.165, 1.54) is 0 Å². The van der Waals surface area contributed by atoms with E-state index >= 15 is 0 Å². The first-order valence-electron chi connectivity index (χ1n) is 4.74. The molecule has 2 rings (SSSR count). The van der Waals surface area contributed by atoms with E-state index in [0.717, 1.165) is 17.1 Å². The van der Waals surface area contributed by atoms with Gasteiger partial charge in [-0.25, -0.2) is 4.98 Å². The first kappa shape index (κ1) is 9.58. The molecule has 2 aromatic heterocycles. The van der Waals surface area contributed by atoms with Crippen LogP contribution in [0.4, 0.5) is 11.5 Å². The molecule has 3 N–H and O–H groups in total. The molecule has 0 amide bonds. The Labute approximate surface area is 88.1 Å². The second-order valence-corrected chi connectivity index (χ2v) is 3.36. The topological polar surface area (TPSA) is 64.1 Å². The number of hydrogen-bond donors (Lipinski definition) is 2. The van der Waals surface area contributed by atoms with Crippen LogP contribution in [0.1, 0.15) is 11.3 Å². The number of pyridine rings is 1. The predicted octanol–water partition coefficient (Wildman–Crippen LogP) is 2.18. The van der Waals surface area contributed by atoms with E-state index in [0.29, 0.717) is 12.2 Å². The lowest BCUT2D eigenvalue weighted by atomic mass is 10.3. The molecule has 0 spiro atoms. The number of nitrogens with zero attached hydrogens (tertiary/aromatic N) is 1. The monoisotopic (exact) mass is 203 g/mol. The molecule has 0 fully saturated rings. The third-order valence-electron chi connectivity index (χ3n) is 2.18. The van der Waals surface area contributed by atoms with Crippen molar-refractivity contribution in [2.45, 2.75) is 13.5 Å². The van der Waals surface area contributed by atoms with Gasteiger partial charge in [0.15, 0.2) is 0 Å². The first-order chi connectivity index (χ1) is 7.25. The van der Waals surface area contributed by atoms with Crippen LogP contribution >= 0.6 is 0 Å². The number of hydrogen-bond acceptors (Lipinski definition) is 4. The van der Waals surface area contributed by atoms with E-state index in [1.54, 1.807) is 12.5 Å². The Balaban J connectivity index is 2.02. The van der Waals surface area contributed by atoms with E-state index in [4.69, 9.17) is 10.2 Å². The minimum absolute atomic E-state index is 0.701. The molecule has 2 heterocycles. The number of aromatic nitrogens is 1. The fraction of sp³-hybridized carbons (Fsp3) is 0.182. The number of nitrogens with two attached hydrogens (primary N) is 1. The predicted molar refractivity (Wildman–Crippen MR) is 59.4 cm³/mol. The van der Waals surface area contributed by atoms with Gasteiger partial charge in [0.1, 0.15) is 5.82 Å². The first-order valence-corrected chi connectivity index (χ1v) is 4.74. The largest absolute Gasteiger partial charge is 0.472 e. The highest BCUT2D eigenvalue weighted by molar-refractivity contribution is 5.49. The molecule has 4 nitrogen and oxygen atoms in total. The zero-order chi connectivity index (χ0) is 10.7. The lowest BCUT2D eigenvalue weighted by Crippen LogP contribution is -2.02. The number of aryl methyl sites for hydroxylation is 1. The van der Waals surface area contributed by atoms with Gasteiger partial charge in [-0.15, -0.1) is 0 Å². The van der Waals surface area contributed by atoms with Crippen molar-refractivity contribution >= 4 is 11.5 Å². The van der Waals surface area contributed by atoms with Crippen LogP contribution in [0.5, 0.6) is 0 Å². The van der Waals surface area contributed by atoms with Crippen LogP contribution in [-0.2, 0) is 6.54 Å². The second-order valence-electron chi connectivity index (χ2n) is 3.36. The fourth-order valence-electron chi connectivity index (χ4n) is 1.26. The van der Waals surface area contributed by atoms with Gasteiger partial charge in [0.2, 0.25) is 0 Å². The van der Waals surface area contributed by atoms with Crippen molar-refractivity contribution in [3.8, 4) is 0 Å². The molecule has 0 aliphatic carbocycles. The molecule has 0 saturated heterocycles. The zero-order valence-corrected chi connectivity index (χ0v) is 8.53. The summed E-state index contributed by atoms with van der Waals surface area (Å²) in [5.74, 6) is 0.822. The quantitative estimate of drug-likeness (QED) is 0.802. The van der Waals surface area contributed by atoms with Gasteiger partial charge in [0, 0.05) is 12.1 Å². The van der Waals surface area contributed by atoms with Crippen LogP contribution in [0.3, 0.4) is 0 Å². The van der Waals surface area contributed by atoms with Crippen molar-refractivity contribution in [3.63, 3.8) is 0 Å². The summed E-state index contributed by atoms with van der Waals surface area (Å²) >= 11 is 0. The fourth-order valence-corrected chi connectivity index (χ4v) is 1.26. The standard InChI is InChI=1S/C11H13N3O/c1-8-10(12)2-3-11(14-8)13-6-9-4-5-15-7-9/h2-5,7H,6,12H2,1H3,(H,13,14). The molecule has 2 aromatic rings. The number of nitrogen functional groups attached to an aromatic ring is 1. The molecule has 0 aliphatic rings. The summed E-state index contributed by atoms with van der Waals surface area (Å²) in [6.45, 7) is 2.59. The molecule has 4 heteroatoms. The van der Waals surface area contributed by atoms with Gasteiger partial charge in [-0.2, -0.15) is 0 Å². The van der Waals surface area contributed by atoms with Crippen molar-refractivity contribution in [2.75, 3.05) is 11.1 Å². The van der Waals surface area contributed by atoms with Crippen molar-refractivity contribution in [3.05, 3.63) is 42.0 Å². The van der Waals surface area contributed by atoms with E-state index in [9.17, 15) is 0 Å². The Hall–Kier alpha value is -1.97. The van der Waals surface area contributed by atoms with Gasteiger partial charge in [-0.1, -0.05) is 0 Å². The zero-order valence-electron chi connectivity index (χ0n) is 8.53. The third-order valence-corrected chi connectivity index (χ3v) is 2.18. The second kappa shape index (κ2) is 4.04. The smallest absolute Gasteiger partial charge is 0.126 e. The summed E-state index contributed by atoms with van der Waals surface area (Å²) in [6.07, 6.45) is 3.36. The number of nitrogens with one attached hydrogen (secondary N) is 1. The van der Waals surface area contributed by atoms with Gasteiger partial charge in [0.05, 0.1) is 23.9 Å². The highest BCUT2D eigenvalue weighted by atomic mass is 16.3. The van der Waals surface area contributed by atoms with Crippen molar-refractivity contribution in [2.24, 2.45) is 0 Å². The Morgan fingerprint density at radius 1 is 1.40 bits per heavy atom. The maximum absolute atomic E-state index is 5.67. The average Bonchev–Trinajstić information content (AvgIpc) is 2.73. The maximum atomic E-state index is 5.67. The molecule has 0 aliphatic heterocycles. The van der Waals surface area contributed by atoms with Gasteiger partial charge >= 0.3 is 0 Å². The number of furan rings is 1. The van der Waals surface area contributed by atoms with Gasteiger partial charge in [-0.3, -0.25) is 0 Å². The lowest BCUT2D eigenvalue weighted by Gasteiger charge is -2.05. The Bertz CT molecular complexity index is 437. The normalized spacial score (nSPS) is 10.2. The minimum Gasteiger partial charge on any atom is -0.472 e. The molecule has 0 aromatic carbocycles. The van der Waals surface area contributed by atoms with Crippen molar-refractivity contribution in [1.82, 2.24) is 4.98 Å². The van der Waals surface area contributed by atoms with Crippen LogP contribution < -0.4 is 11.1 Å². The van der Waals surface area contributed by atoms with E-state index in [-0.39, 0.29) is 0 Å². The van der Waals surface area contributed by atoms with E-state index in [2.05, 4.69) is 10.3 Å². The highest BCUT2D eigenvalue weighted by Gasteiger charge is 1.98. The number of anilines is 2. The van der Waals surface area contributed by atoms with Crippen LogP contribution in [0, 0.1) is 6.92 Å². The molecule has 0 saturated carbocycles. The summed E-state index contributed by atoms with van der Waals surface area (Å²) in [6, 6.07) is 5.62. The lowest BCUT2D eigenvalue weighted by molar-refractivity contribution is 0.564. The molecule has 15 heavy (non-hydrogen) atoms. The maximum Gasteiger partial charge on any atom is 0.126 e. The molecule has 0 unspecified atom stereocenters. The van der Waals surface area contributed by atoms with Crippen LogP contribution in [0.15, 0.2) is 35.1 Å².